The van der Waals surface area contributed by atoms with E-state index < -0.39 is 0 Å². The van der Waals surface area contributed by atoms with Crippen molar-refractivity contribution in [2.45, 2.75) is 0 Å². The zero-order chi connectivity index (χ0) is 26.5. The van der Waals surface area contributed by atoms with Crippen molar-refractivity contribution in [2.75, 3.05) is 0 Å². The first-order valence-electron chi connectivity index (χ1n) is 13.2. The third-order valence-electron chi connectivity index (χ3n) is 7.49. The summed E-state index contributed by atoms with van der Waals surface area (Å²) >= 11 is 0. The Morgan fingerprint density at radius 1 is 0.400 bits per heavy atom. The van der Waals surface area contributed by atoms with Crippen LogP contribution in [0.3, 0.4) is 0 Å². The van der Waals surface area contributed by atoms with Crippen LogP contribution >= 0.6 is 0 Å². The number of hydrogen-bond acceptors (Lipinski definition) is 4. The lowest BCUT2D eigenvalue weighted by Gasteiger charge is -2.05. The normalized spacial score (nSPS) is 11.5. The van der Waals surface area contributed by atoms with Gasteiger partial charge in [0.05, 0.1) is 0 Å². The first-order valence-corrected chi connectivity index (χ1v) is 13.2. The standard InChI is InChI=1S/C36H22N2O2/c1-2-7-28-22-29(21-14-23(28)6-1)24-12-17-26(18-13-24)35-37-38-36(40-35)27-19-15-25(16-20-27)30-9-5-10-32-31-8-3-4-11-33(31)39-34(30)32/h1-22H. The molecule has 8 aromatic rings. The summed E-state index contributed by atoms with van der Waals surface area (Å²) in [7, 11) is 0. The highest BCUT2D eigenvalue weighted by Gasteiger charge is 2.14. The van der Waals surface area contributed by atoms with Crippen LogP contribution in [-0.2, 0) is 0 Å². The van der Waals surface area contributed by atoms with Crippen LogP contribution in [-0.4, -0.2) is 10.2 Å². The van der Waals surface area contributed by atoms with Gasteiger partial charge in [-0.3, -0.25) is 0 Å². The van der Waals surface area contributed by atoms with E-state index in [-0.39, 0.29) is 0 Å². The number of benzene rings is 6. The molecule has 4 heteroatoms. The molecule has 0 saturated carbocycles. The molecule has 0 unspecified atom stereocenters. The zero-order valence-corrected chi connectivity index (χ0v) is 21.4. The summed E-state index contributed by atoms with van der Waals surface area (Å²) < 4.78 is 12.3. The average Bonchev–Trinajstić information content (AvgIpc) is 3.67. The van der Waals surface area contributed by atoms with Gasteiger partial charge in [0.1, 0.15) is 11.2 Å². The Balaban J connectivity index is 1.06. The smallest absolute Gasteiger partial charge is 0.248 e. The topological polar surface area (TPSA) is 52.1 Å². The van der Waals surface area contributed by atoms with Crippen LogP contribution in [0.25, 0.3) is 77.9 Å². The van der Waals surface area contributed by atoms with Crippen molar-refractivity contribution < 1.29 is 8.83 Å². The van der Waals surface area contributed by atoms with Crippen molar-refractivity contribution in [3.63, 3.8) is 0 Å². The lowest BCUT2D eigenvalue weighted by atomic mass is 10.0. The molecule has 8 rings (SSSR count). The van der Waals surface area contributed by atoms with Crippen LogP contribution < -0.4 is 0 Å². The molecule has 2 heterocycles. The molecule has 0 aliphatic heterocycles. The van der Waals surface area contributed by atoms with Gasteiger partial charge in [0.25, 0.3) is 0 Å². The highest BCUT2D eigenvalue weighted by Crippen LogP contribution is 2.36. The van der Waals surface area contributed by atoms with Crippen molar-refractivity contribution in [1.29, 1.82) is 0 Å². The minimum Gasteiger partial charge on any atom is -0.455 e. The monoisotopic (exact) mass is 514 g/mol. The van der Waals surface area contributed by atoms with Gasteiger partial charge in [-0.05, 0) is 63.9 Å². The number of para-hydroxylation sites is 2. The Morgan fingerprint density at radius 3 is 1.77 bits per heavy atom. The highest BCUT2D eigenvalue weighted by atomic mass is 16.4. The van der Waals surface area contributed by atoms with Crippen molar-refractivity contribution in [3.8, 4) is 45.2 Å². The highest BCUT2D eigenvalue weighted by molar-refractivity contribution is 6.09. The first-order chi connectivity index (χ1) is 19.8. The van der Waals surface area contributed by atoms with E-state index in [9.17, 15) is 0 Å². The maximum atomic E-state index is 6.22. The van der Waals surface area contributed by atoms with Crippen molar-refractivity contribution in [3.05, 3.63) is 133 Å². The van der Waals surface area contributed by atoms with E-state index in [1.807, 2.05) is 42.5 Å². The lowest BCUT2D eigenvalue weighted by Crippen LogP contribution is -1.81. The largest absolute Gasteiger partial charge is 0.455 e. The molecule has 6 aromatic carbocycles. The van der Waals surface area contributed by atoms with Crippen LogP contribution in [0, 0.1) is 0 Å². The van der Waals surface area contributed by atoms with Crippen molar-refractivity contribution >= 4 is 32.7 Å². The van der Waals surface area contributed by atoms with Gasteiger partial charge in [-0.15, -0.1) is 10.2 Å². The van der Waals surface area contributed by atoms with Gasteiger partial charge in [-0.2, -0.15) is 0 Å². The fourth-order valence-corrected chi connectivity index (χ4v) is 5.40. The van der Waals surface area contributed by atoms with Crippen LogP contribution in [0.4, 0.5) is 0 Å². The molecule has 40 heavy (non-hydrogen) atoms. The summed E-state index contributed by atoms with van der Waals surface area (Å²) in [5, 5.41) is 13.3. The molecule has 0 aliphatic carbocycles. The fourth-order valence-electron chi connectivity index (χ4n) is 5.40. The lowest BCUT2D eigenvalue weighted by molar-refractivity contribution is 0.584. The van der Waals surface area contributed by atoms with Crippen LogP contribution in [0.1, 0.15) is 0 Å². The Labute approximate surface area is 230 Å². The van der Waals surface area contributed by atoms with E-state index in [4.69, 9.17) is 8.83 Å². The maximum Gasteiger partial charge on any atom is 0.248 e. The molecule has 0 N–H and O–H groups in total. The number of rotatable bonds is 4. The molecular formula is C36H22N2O2. The molecule has 0 atom stereocenters. The van der Waals surface area contributed by atoms with E-state index in [0.717, 1.165) is 49.8 Å². The van der Waals surface area contributed by atoms with Gasteiger partial charge in [0.2, 0.25) is 11.8 Å². The summed E-state index contributed by atoms with van der Waals surface area (Å²) in [5.41, 5.74) is 7.98. The summed E-state index contributed by atoms with van der Waals surface area (Å²) in [6, 6.07) is 45.7. The molecular weight excluding hydrogens is 492 g/mol. The second-order valence-electron chi connectivity index (χ2n) is 9.91. The number of furan rings is 1. The average molecular weight is 515 g/mol. The molecule has 188 valence electrons. The Bertz CT molecular complexity index is 2150. The number of aromatic nitrogens is 2. The Kier molecular flexibility index (Phi) is 5.10. The summed E-state index contributed by atoms with van der Waals surface area (Å²) in [6.07, 6.45) is 0. The summed E-state index contributed by atoms with van der Waals surface area (Å²) in [6.45, 7) is 0. The summed E-state index contributed by atoms with van der Waals surface area (Å²) in [5.74, 6) is 0.985. The molecule has 0 saturated heterocycles. The van der Waals surface area contributed by atoms with Crippen LogP contribution in [0.5, 0.6) is 0 Å². The molecule has 2 aromatic heterocycles. The SMILES string of the molecule is c1ccc2cc(-c3ccc(-c4nnc(-c5ccc(-c6cccc7c6oc6ccccc67)cc5)o4)cc3)ccc2c1. The molecule has 0 aliphatic rings. The molecule has 0 spiro atoms. The van der Waals surface area contributed by atoms with Gasteiger partial charge in [0.15, 0.2) is 0 Å². The molecule has 0 fully saturated rings. The maximum absolute atomic E-state index is 6.22. The van der Waals surface area contributed by atoms with Crippen LogP contribution in [0.15, 0.2) is 142 Å². The van der Waals surface area contributed by atoms with Gasteiger partial charge in [-0.25, -0.2) is 0 Å². The molecule has 0 amide bonds. The predicted molar refractivity (Wildman–Crippen MR) is 161 cm³/mol. The third-order valence-corrected chi connectivity index (χ3v) is 7.49. The quantitative estimate of drug-likeness (QED) is 0.234. The predicted octanol–water partition coefficient (Wildman–Crippen LogP) is 9.79. The van der Waals surface area contributed by atoms with Crippen molar-refractivity contribution in [2.24, 2.45) is 0 Å². The van der Waals surface area contributed by atoms with Gasteiger partial charge >= 0.3 is 0 Å². The van der Waals surface area contributed by atoms with Crippen molar-refractivity contribution in [1.82, 2.24) is 10.2 Å². The van der Waals surface area contributed by atoms with E-state index in [0.29, 0.717) is 11.8 Å². The van der Waals surface area contributed by atoms with Gasteiger partial charge in [0, 0.05) is 27.5 Å². The number of fused-ring (bicyclic) bond motifs is 4. The molecule has 4 nitrogen and oxygen atoms in total. The molecule has 0 bridgehead atoms. The third kappa shape index (κ3) is 3.77. The molecule has 0 radical (unpaired) electrons. The number of hydrogen-bond donors (Lipinski definition) is 0. The second-order valence-corrected chi connectivity index (χ2v) is 9.91. The van der Waals surface area contributed by atoms with E-state index in [1.54, 1.807) is 0 Å². The Hall–Kier alpha value is -5.48. The van der Waals surface area contributed by atoms with E-state index in [2.05, 4.69) is 101 Å². The first kappa shape index (κ1) is 22.5. The summed E-state index contributed by atoms with van der Waals surface area (Å²) in [4.78, 5) is 0. The van der Waals surface area contributed by atoms with Crippen LogP contribution in [0.2, 0.25) is 0 Å². The van der Waals surface area contributed by atoms with E-state index >= 15 is 0 Å². The number of nitrogens with zero attached hydrogens (tertiary/aromatic N) is 2. The second kappa shape index (κ2) is 9.07. The minimum atomic E-state index is 0.488. The minimum absolute atomic E-state index is 0.488. The van der Waals surface area contributed by atoms with Gasteiger partial charge < -0.3 is 8.83 Å². The Morgan fingerprint density at radius 2 is 1.00 bits per heavy atom. The van der Waals surface area contributed by atoms with Gasteiger partial charge in [-0.1, -0.05) is 97.1 Å². The fraction of sp³-hybridized carbons (Fsp3) is 0. The van der Waals surface area contributed by atoms with E-state index in [1.165, 1.54) is 16.3 Å². The zero-order valence-electron chi connectivity index (χ0n) is 21.4.